The van der Waals surface area contributed by atoms with Crippen LogP contribution >= 0.6 is 0 Å². The van der Waals surface area contributed by atoms with Crippen LogP contribution in [0.2, 0.25) is 0 Å². The van der Waals surface area contributed by atoms with Gasteiger partial charge in [0.25, 0.3) is 0 Å². The highest BCUT2D eigenvalue weighted by Crippen LogP contribution is 2.48. The van der Waals surface area contributed by atoms with E-state index < -0.39 is 5.97 Å². The van der Waals surface area contributed by atoms with E-state index in [0.717, 1.165) is 23.3 Å². The molecule has 0 unspecified atom stereocenters. The Labute approximate surface area is 99.3 Å². The lowest BCUT2D eigenvalue weighted by Gasteiger charge is -2.36. The maximum Gasteiger partial charge on any atom is 0.356 e. The molecule has 4 heteroatoms. The predicted octanol–water partition coefficient (Wildman–Crippen LogP) is 2.02. The average molecular weight is 230 g/mol. The molecule has 0 aliphatic heterocycles. The number of carbonyl (C=O) groups is 1. The molecule has 0 spiro atoms. The number of allylic oxidation sites excluding steroid dienone is 4. The SMILES string of the molecule is Cn1nc(C(=O)O)c2c1C1=C(C=C1)C(C)(C)C2. The van der Waals surface area contributed by atoms with Crippen molar-refractivity contribution in [2.45, 2.75) is 20.3 Å². The summed E-state index contributed by atoms with van der Waals surface area (Å²) in [5.41, 5.74) is 4.50. The molecule has 3 rings (SSSR count). The number of aromatic carboxylic acids is 1. The van der Waals surface area contributed by atoms with Crippen molar-refractivity contribution in [3.05, 3.63) is 34.7 Å². The van der Waals surface area contributed by atoms with Crippen LogP contribution in [0.4, 0.5) is 0 Å². The maximum atomic E-state index is 11.2. The van der Waals surface area contributed by atoms with Crippen LogP contribution in [0, 0.1) is 5.41 Å². The lowest BCUT2D eigenvalue weighted by molar-refractivity contribution is 0.0688. The first-order valence-electron chi connectivity index (χ1n) is 5.64. The Morgan fingerprint density at radius 3 is 2.71 bits per heavy atom. The van der Waals surface area contributed by atoms with E-state index in [1.165, 1.54) is 5.57 Å². The van der Waals surface area contributed by atoms with Crippen LogP contribution in [-0.4, -0.2) is 20.9 Å². The molecule has 0 radical (unpaired) electrons. The van der Waals surface area contributed by atoms with Crippen molar-refractivity contribution in [1.82, 2.24) is 9.78 Å². The largest absolute Gasteiger partial charge is 0.476 e. The van der Waals surface area contributed by atoms with Crippen molar-refractivity contribution in [1.29, 1.82) is 0 Å². The molecule has 88 valence electrons. The summed E-state index contributed by atoms with van der Waals surface area (Å²) in [4.78, 5) is 11.2. The minimum Gasteiger partial charge on any atom is -0.476 e. The summed E-state index contributed by atoms with van der Waals surface area (Å²) >= 11 is 0. The van der Waals surface area contributed by atoms with Gasteiger partial charge in [0.15, 0.2) is 5.69 Å². The van der Waals surface area contributed by atoms with Gasteiger partial charge in [0.05, 0.1) is 5.69 Å². The topological polar surface area (TPSA) is 55.1 Å². The second-order valence-electron chi connectivity index (χ2n) is 5.33. The number of nitrogens with zero attached hydrogens (tertiary/aromatic N) is 2. The number of fused-ring (bicyclic) bond motifs is 2. The Balaban J connectivity index is 2.27. The zero-order valence-electron chi connectivity index (χ0n) is 10.1. The lowest BCUT2D eigenvalue weighted by atomic mass is 9.67. The summed E-state index contributed by atoms with van der Waals surface area (Å²) in [7, 11) is 1.81. The monoisotopic (exact) mass is 230 g/mol. The molecule has 1 aromatic heterocycles. The smallest absolute Gasteiger partial charge is 0.356 e. The minimum absolute atomic E-state index is 0.00428. The molecule has 0 saturated carbocycles. The number of hydrogen-bond donors (Lipinski definition) is 1. The Bertz CT molecular complexity index is 603. The molecule has 4 nitrogen and oxygen atoms in total. The van der Waals surface area contributed by atoms with Crippen LogP contribution in [0.25, 0.3) is 5.57 Å². The van der Waals surface area contributed by atoms with Crippen molar-refractivity contribution in [2.24, 2.45) is 12.5 Å². The van der Waals surface area contributed by atoms with Crippen LogP contribution in [0.5, 0.6) is 0 Å². The van der Waals surface area contributed by atoms with Gasteiger partial charge in [-0.15, -0.1) is 0 Å². The van der Waals surface area contributed by atoms with Gasteiger partial charge in [-0.3, -0.25) is 4.68 Å². The number of aromatic nitrogens is 2. The fraction of sp³-hybridized carbons (Fsp3) is 0.385. The highest BCUT2D eigenvalue weighted by molar-refractivity contribution is 5.94. The van der Waals surface area contributed by atoms with Crippen LogP contribution < -0.4 is 0 Å². The van der Waals surface area contributed by atoms with E-state index >= 15 is 0 Å². The van der Waals surface area contributed by atoms with E-state index in [-0.39, 0.29) is 11.1 Å². The Morgan fingerprint density at radius 2 is 2.18 bits per heavy atom. The highest BCUT2D eigenvalue weighted by Gasteiger charge is 2.39. The number of hydrogen-bond acceptors (Lipinski definition) is 2. The zero-order valence-corrected chi connectivity index (χ0v) is 10.1. The highest BCUT2D eigenvalue weighted by atomic mass is 16.4. The molecule has 1 heterocycles. The molecule has 2 aliphatic rings. The molecule has 0 bridgehead atoms. The Hall–Kier alpha value is -1.84. The molecule has 1 N–H and O–H groups in total. The third-order valence-electron chi connectivity index (χ3n) is 3.66. The van der Waals surface area contributed by atoms with Crippen molar-refractivity contribution < 1.29 is 9.90 Å². The summed E-state index contributed by atoms with van der Waals surface area (Å²) in [6.07, 6.45) is 4.90. The van der Waals surface area contributed by atoms with Crippen molar-refractivity contribution in [3.63, 3.8) is 0 Å². The lowest BCUT2D eigenvalue weighted by Crippen LogP contribution is -2.27. The Kier molecular flexibility index (Phi) is 1.75. The first kappa shape index (κ1) is 10.3. The molecule has 0 atom stereocenters. The van der Waals surface area contributed by atoms with E-state index in [4.69, 9.17) is 0 Å². The van der Waals surface area contributed by atoms with Crippen molar-refractivity contribution in [3.8, 4) is 0 Å². The van der Waals surface area contributed by atoms with Gasteiger partial charge >= 0.3 is 5.97 Å². The maximum absolute atomic E-state index is 11.2. The van der Waals surface area contributed by atoms with E-state index in [0.29, 0.717) is 0 Å². The molecule has 0 saturated heterocycles. The van der Waals surface area contributed by atoms with Crippen LogP contribution in [0.1, 0.15) is 35.6 Å². The molecular formula is C13H14N2O2. The number of carboxylic acid groups (broad SMARTS) is 1. The van der Waals surface area contributed by atoms with Crippen LogP contribution in [0.15, 0.2) is 17.7 Å². The van der Waals surface area contributed by atoms with E-state index in [9.17, 15) is 9.90 Å². The van der Waals surface area contributed by atoms with Gasteiger partial charge in [-0.25, -0.2) is 4.79 Å². The normalized spacial score (nSPS) is 19.7. The summed E-state index contributed by atoms with van der Waals surface area (Å²) in [6.45, 7) is 4.29. The quantitative estimate of drug-likeness (QED) is 0.803. The van der Waals surface area contributed by atoms with Gasteiger partial charge in [-0.2, -0.15) is 5.10 Å². The third kappa shape index (κ3) is 1.18. The fourth-order valence-electron chi connectivity index (χ4n) is 2.83. The average Bonchev–Trinajstić information content (AvgIpc) is 2.42. The minimum atomic E-state index is -0.940. The van der Waals surface area contributed by atoms with Gasteiger partial charge in [-0.05, 0) is 17.4 Å². The molecule has 17 heavy (non-hydrogen) atoms. The molecule has 0 amide bonds. The fourth-order valence-corrected chi connectivity index (χ4v) is 2.83. The zero-order chi connectivity index (χ0) is 12.4. The molecule has 0 fully saturated rings. The van der Waals surface area contributed by atoms with Crippen LogP contribution in [-0.2, 0) is 13.5 Å². The van der Waals surface area contributed by atoms with Gasteiger partial charge in [-0.1, -0.05) is 26.0 Å². The van der Waals surface area contributed by atoms with Gasteiger partial charge in [0.1, 0.15) is 0 Å². The summed E-state index contributed by atoms with van der Waals surface area (Å²) in [6, 6.07) is 0. The van der Waals surface area contributed by atoms with Gasteiger partial charge in [0.2, 0.25) is 0 Å². The summed E-state index contributed by atoms with van der Waals surface area (Å²) in [5, 5.41) is 13.3. The Morgan fingerprint density at radius 1 is 1.47 bits per heavy atom. The standard InChI is InChI=1S/C13H14N2O2/c1-13(2)6-8-10(12(16)17)14-15(3)11(8)7-4-5-9(7)13/h4-5H,6H2,1-3H3,(H,16,17). The molecule has 0 aromatic carbocycles. The van der Waals surface area contributed by atoms with Crippen molar-refractivity contribution in [2.75, 3.05) is 0 Å². The number of aryl methyl sites for hydroxylation is 1. The summed E-state index contributed by atoms with van der Waals surface area (Å²) in [5.74, 6) is -0.940. The van der Waals surface area contributed by atoms with Crippen molar-refractivity contribution >= 4 is 11.5 Å². The number of rotatable bonds is 1. The third-order valence-corrected chi connectivity index (χ3v) is 3.66. The van der Waals surface area contributed by atoms with E-state index in [1.54, 1.807) is 11.7 Å². The summed E-state index contributed by atoms with van der Waals surface area (Å²) < 4.78 is 1.69. The molecule has 1 aromatic rings. The predicted molar refractivity (Wildman–Crippen MR) is 63.7 cm³/mol. The molecule has 2 aliphatic carbocycles. The molecular weight excluding hydrogens is 216 g/mol. The van der Waals surface area contributed by atoms with Gasteiger partial charge < -0.3 is 5.11 Å². The first-order chi connectivity index (χ1) is 7.92. The first-order valence-corrected chi connectivity index (χ1v) is 5.64. The second-order valence-corrected chi connectivity index (χ2v) is 5.33. The van der Waals surface area contributed by atoms with Gasteiger partial charge in [0, 0.05) is 18.2 Å². The van der Waals surface area contributed by atoms with E-state index in [1.807, 2.05) is 6.08 Å². The number of carboxylic acids is 1. The second kappa shape index (κ2) is 2.88. The van der Waals surface area contributed by atoms with E-state index in [2.05, 4.69) is 25.0 Å². The van der Waals surface area contributed by atoms with Crippen LogP contribution in [0.3, 0.4) is 0 Å².